The van der Waals surface area contributed by atoms with Crippen LogP contribution in [-0.2, 0) is 40.5 Å². The number of benzene rings is 4. The zero-order valence-electron chi connectivity index (χ0n) is 34.0. The maximum atomic E-state index is 12.2. The molecule has 2 aliphatic rings. The van der Waals surface area contributed by atoms with Crippen molar-refractivity contribution in [3.63, 3.8) is 0 Å². The van der Waals surface area contributed by atoms with E-state index in [0.29, 0.717) is 22.6 Å². The lowest BCUT2D eigenvalue weighted by molar-refractivity contribution is 0.310. The molecule has 23 nitrogen and oxygen atoms in total. The second-order valence-corrected chi connectivity index (χ2v) is 19.8. The van der Waals surface area contributed by atoms with Crippen LogP contribution >= 0.6 is 0 Å². The van der Waals surface area contributed by atoms with Gasteiger partial charge in [0, 0.05) is 28.1 Å². The largest absolute Gasteiger partial charge is 0.395 e. The Bertz CT molecular complexity index is 3340. The summed E-state index contributed by atoms with van der Waals surface area (Å²) in [7, 11) is -19.3. The molecule has 2 atom stereocenters. The first-order valence-electron chi connectivity index (χ1n) is 18.8. The maximum Gasteiger partial charge on any atom is 0.295 e. The Hall–Kier alpha value is -6.69. The fourth-order valence-electron chi connectivity index (χ4n) is 6.62. The van der Waals surface area contributed by atoms with Crippen LogP contribution in [-0.4, -0.2) is 109 Å². The van der Waals surface area contributed by atoms with Crippen molar-refractivity contribution in [3.05, 3.63) is 108 Å². The first kappa shape index (κ1) is 47.3. The number of azo groups is 2. The van der Waals surface area contributed by atoms with Gasteiger partial charge in [0.05, 0.1) is 29.4 Å². The minimum absolute atomic E-state index is 0.0330. The van der Waals surface area contributed by atoms with Crippen LogP contribution in [0.2, 0.25) is 0 Å². The molecule has 0 fully saturated rings. The fraction of sp³-hybridized carbons (Fsp3) is 0.154. The van der Waals surface area contributed by atoms with Crippen molar-refractivity contribution in [2.45, 2.75) is 45.5 Å². The van der Waals surface area contributed by atoms with Crippen molar-refractivity contribution in [3.8, 4) is 0 Å². The molecule has 27 heteroatoms. The van der Waals surface area contributed by atoms with E-state index in [1.807, 2.05) is 0 Å². The number of aliphatic imine (C=N–C) groups is 2. The summed E-state index contributed by atoms with van der Waals surface area (Å²) in [6.45, 7) is 3.23. The topological polar surface area (TPSA) is 363 Å². The average Bonchev–Trinajstić information content (AvgIpc) is 3.22. The molecule has 4 aromatic carbocycles. The molecular weight excluding hydrogens is 945 g/mol. The Morgan fingerprint density at radius 3 is 1.33 bits per heavy atom. The molecule has 2 aliphatic carbocycles. The lowest BCUT2D eigenvalue weighted by Gasteiger charge is -2.13. The molecule has 0 saturated heterocycles. The number of fused-ring (bicyclic) bond motifs is 2. The SMILES string of the molecule is CC1=CC(=Nc2nc(N=C3C=C[C@@H](N=Nc4cc(S(=O)(=O)O)c5cccc(S(=O)(=O)O)c5c4)C(C)=C3)nc(NCCO)n2)C=C[C@@H]1N=Nc1cc(S(=O)(=O)O)c2cccc(S(=O)(=O)O)c2c1. The first-order valence-corrected chi connectivity index (χ1v) is 24.6. The van der Waals surface area contributed by atoms with E-state index in [0.717, 1.165) is 24.3 Å². The number of hydrogen-bond donors (Lipinski definition) is 6. The highest BCUT2D eigenvalue weighted by Crippen LogP contribution is 2.35. The van der Waals surface area contributed by atoms with Gasteiger partial charge >= 0.3 is 0 Å². The van der Waals surface area contributed by atoms with Crippen LogP contribution in [0.15, 0.2) is 158 Å². The monoisotopic (exact) mass is 978 g/mol. The second kappa shape index (κ2) is 18.3. The molecule has 0 bridgehead atoms. The van der Waals surface area contributed by atoms with Gasteiger partial charge in [-0.25, -0.2) is 9.98 Å². The van der Waals surface area contributed by atoms with Gasteiger partial charge < -0.3 is 10.4 Å². The number of nitrogens with zero attached hydrogens (tertiary/aromatic N) is 9. The number of aliphatic hydroxyl groups is 1. The molecule has 0 aliphatic heterocycles. The molecule has 1 heterocycles. The summed E-state index contributed by atoms with van der Waals surface area (Å²) in [6.07, 6.45) is 9.65. The summed E-state index contributed by atoms with van der Waals surface area (Å²) < 4.78 is 136. The molecule has 1 aromatic heterocycles. The van der Waals surface area contributed by atoms with Crippen molar-refractivity contribution < 1.29 is 57.0 Å². The standard InChI is InChI=1S/C39H34N10O13S4/c1-21-15-23(9-11-31(21)48-46-25-17-29-27(35(19-25)65(57,58)59)5-3-7-33(29)63(51,52)53)41-38-43-37(40-13-14-50)44-39(45-38)42-24-10-12-32(22(2)16-24)49-47-26-18-30-28(36(20-26)66(60,61)62)6-4-8-34(30)64(54,55)56/h3-12,15-20,31-32,50H,13-14H2,1-2H3,(H,51,52,53)(H,54,55,56)(H,57,58,59)(H,60,61,62)(H,40,43,44,45)/t31-,32+. The summed E-state index contributed by atoms with van der Waals surface area (Å²) in [6, 6.07) is 10.1. The summed E-state index contributed by atoms with van der Waals surface area (Å²) in [5.74, 6) is -0.132. The third-order valence-electron chi connectivity index (χ3n) is 9.56. The van der Waals surface area contributed by atoms with Gasteiger partial charge in [0.2, 0.25) is 5.95 Å². The minimum Gasteiger partial charge on any atom is -0.395 e. The quantitative estimate of drug-likeness (QED) is 0.0577. The van der Waals surface area contributed by atoms with Gasteiger partial charge in [0.15, 0.2) is 0 Å². The van der Waals surface area contributed by atoms with Crippen LogP contribution in [0, 0.1) is 0 Å². The van der Waals surface area contributed by atoms with Crippen LogP contribution in [0.25, 0.3) is 21.5 Å². The van der Waals surface area contributed by atoms with Crippen molar-refractivity contribution in [2.24, 2.45) is 30.4 Å². The Morgan fingerprint density at radius 2 is 0.970 bits per heavy atom. The van der Waals surface area contributed by atoms with E-state index in [1.54, 1.807) is 50.3 Å². The molecule has 66 heavy (non-hydrogen) atoms. The Kier molecular flexibility index (Phi) is 13.1. The van der Waals surface area contributed by atoms with E-state index in [-0.39, 0.29) is 63.9 Å². The summed E-state index contributed by atoms with van der Waals surface area (Å²) >= 11 is 0. The number of allylic oxidation sites excluding steroid dienone is 4. The summed E-state index contributed by atoms with van der Waals surface area (Å²) in [5, 5.41) is 28.2. The van der Waals surface area contributed by atoms with Crippen LogP contribution in [0.3, 0.4) is 0 Å². The number of anilines is 1. The van der Waals surface area contributed by atoms with E-state index in [9.17, 15) is 57.0 Å². The lowest BCUT2D eigenvalue weighted by Crippen LogP contribution is -2.11. The molecule has 0 amide bonds. The van der Waals surface area contributed by atoms with Crippen LogP contribution in [0.1, 0.15) is 13.8 Å². The fourth-order valence-corrected chi connectivity index (χ4v) is 9.46. The molecule has 0 saturated carbocycles. The van der Waals surface area contributed by atoms with Gasteiger partial charge in [-0.3, -0.25) is 18.2 Å². The van der Waals surface area contributed by atoms with E-state index in [2.05, 4.69) is 50.7 Å². The molecule has 0 unspecified atom stereocenters. The Morgan fingerprint density at radius 1 is 0.561 bits per heavy atom. The summed E-state index contributed by atoms with van der Waals surface area (Å²) in [5.41, 5.74) is 1.65. The molecular formula is C39H34N10O13S4. The normalized spacial score (nSPS) is 18.5. The van der Waals surface area contributed by atoms with Gasteiger partial charge in [0.1, 0.15) is 31.7 Å². The predicted molar refractivity (Wildman–Crippen MR) is 239 cm³/mol. The van der Waals surface area contributed by atoms with Gasteiger partial charge in [0.25, 0.3) is 52.4 Å². The average molecular weight is 979 g/mol. The van der Waals surface area contributed by atoms with Crippen molar-refractivity contribution in [2.75, 3.05) is 18.5 Å². The zero-order chi connectivity index (χ0) is 47.8. The zero-order valence-corrected chi connectivity index (χ0v) is 37.2. The summed E-state index contributed by atoms with van der Waals surface area (Å²) in [4.78, 5) is 19.5. The molecule has 342 valence electrons. The molecule has 0 radical (unpaired) electrons. The third kappa shape index (κ3) is 10.9. The Balaban J connectivity index is 1.13. The number of aromatic nitrogens is 3. The smallest absolute Gasteiger partial charge is 0.295 e. The number of hydrogen-bond acceptors (Lipinski definition) is 19. The van der Waals surface area contributed by atoms with Gasteiger partial charge in [-0.1, -0.05) is 36.4 Å². The Labute approximate surface area is 375 Å². The predicted octanol–water partition coefficient (Wildman–Crippen LogP) is 6.05. The van der Waals surface area contributed by atoms with Crippen molar-refractivity contribution in [1.82, 2.24) is 15.0 Å². The van der Waals surface area contributed by atoms with E-state index in [4.69, 9.17) is 0 Å². The van der Waals surface area contributed by atoms with Crippen molar-refractivity contribution >= 4 is 103 Å². The number of rotatable bonds is 13. The van der Waals surface area contributed by atoms with E-state index >= 15 is 0 Å². The molecule has 0 spiro atoms. The van der Waals surface area contributed by atoms with Crippen LogP contribution in [0.4, 0.5) is 29.2 Å². The van der Waals surface area contributed by atoms with Crippen molar-refractivity contribution in [1.29, 1.82) is 0 Å². The van der Waals surface area contributed by atoms with Crippen LogP contribution < -0.4 is 5.32 Å². The van der Waals surface area contributed by atoms with Gasteiger partial charge in [-0.15, -0.1) is 0 Å². The molecule has 5 aromatic rings. The number of aliphatic hydroxyl groups excluding tert-OH is 1. The van der Waals surface area contributed by atoms with Gasteiger partial charge in [-0.05, 0) is 85.7 Å². The molecule has 6 N–H and O–H groups in total. The second-order valence-electron chi connectivity index (χ2n) is 14.3. The van der Waals surface area contributed by atoms with Crippen LogP contribution in [0.5, 0.6) is 0 Å². The highest BCUT2D eigenvalue weighted by Gasteiger charge is 2.24. The maximum absolute atomic E-state index is 12.2. The highest BCUT2D eigenvalue weighted by atomic mass is 32.2. The lowest BCUT2D eigenvalue weighted by atomic mass is 10.0. The van der Waals surface area contributed by atoms with E-state index in [1.165, 1.54) is 36.4 Å². The van der Waals surface area contributed by atoms with Gasteiger partial charge in [-0.2, -0.15) is 69.1 Å². The third-order valence-corrected chi connectivity index (χ3v) is 13.2. The molecule has 7 rings (SSSR count). The minimum atomic E-state index is -4.87. The first-order chi connectivity index (χ1) is 31.0. The van der Waals surface area contributed by atoms with E-state index < -0.39 is 72.1 Å². The highest BCUT2D eigenvalue weighted by molar-refractivity contribution is 7.87. The number of nitrogens with one attached hydrogen (secondary N) is 1.